The molecule has 4 rings (SSSR count). The molecule has 10 nitrogen and oxygen atoms in total. The van der Waals surface area contributed by atoms with Crippen molar-refractivity contribution in [1.29, 1.82) is 0 Å². The van der Waals surface area contributed by atoms with Gasteiger partial charge in [0.2, 0.25) is 0 Å². The number of phosphoric acid groups is 2. The number of rotatable bonds is 15. The van der Waals surface area contributed by atoms with Gasteiger partial charge in [-0.2, -0.15) is 4.31 Å². The van der Waals surface area contributed by atoms with Crippen LogP contribution in [0.4, 0.5) is 0 Å². The molecular weight excluding hydrogens is 711 g/mol. The van der Waals surface area contributed by atoms with E-state index < -0.39 is 30.1 Å². The fraction of sp³-hybridized carbons (Fsp3) is 0.200. The minimum atomic E-state index is -5.05. The van der Waals surface area contributed by atoms with Gasteiger partial charge in [-0.15, -0.1) is 0 Å². The Morgan fingerprint density at radius 3 is 1.17 bits per heavy atom. The highest BCUT2D eigenvalue weighted by molar-refractivity contribution is 8.34. The monoisotopic (exact) mass is 744 g/mol. The highest BCUT2D eigenvalue weighted by Gasteiger charge is 2.55. The van der Waals surface area contributed by atoms with E-state index in [2.05, 4.69) is 40.7 Å². The second-order valence-corrected chi connectivity index (χ2v) is 18.0. The van der Waals surface area contributed by atoms with Crippen LogP contribution < -0.4 is 0 Å². The molecule has 0 aliphatic carbocycles. The minimum Gasteiger partial charge on any atom is -0.394 e. The highest BCUT2D eigenvalue weighted by Crippen LogP contribution is 2.64. The molecule has 0 aliphatic rings. The van der Waals surface area contributed by atoms with Crippen LogP contribution in [0.1, 0.15) is 6.92 Å². The maximum Gasteiger partial charge on any atom is 0.478 e. The van der Waals surface area contributed by atoms with Gasteiger partial charge in [0.15, 0.2) is 8.34 Å². The molecule has 4 aromatic rings. The number of hydrogen-bond donors (Lipinski definition) is 6. The fourth-order valence-corrected chi connectivity index (χ4v) is 11.0. The lowest BCUT2D eigenvalue weighted by Crippen LogP contribution is -2.49. The molecular formula is C30H34O10P2S4. The number of thioether (sulfide) groups is 4. The summed E-state index contributed by atoms with van der Waals surface area (Å²) in [5, 5.41) is 22.5. The zero-order valence-electron chi connectivity index (χ0n) is 24.4. The molecule has 2 atom stereocenters. The average Bonchev–Trinajstić information content (AvgIpc) is 3.00. The summed E-state index contributed by atoms with van der Waals surface area (Å²) in [6.45, 7) is 1.71. The summed E-state index contributed by atoms with van der Waals surface area (Å²) >= 11 is 6.27. The van der Waals surface area contributed by atoms with Crippen LogP contribution in [0.3, 0.4) is 0 Å². The average molecular weight is 745 g/mol. The Hall–Kier alpha value is -1.58. The van der Waals surface area contributed by atoms with Crippen LogP contribution in [-0.4, -0.2) is 57.4 Å². The van der Waals surface area contributed by atoms with Crippen molar-refractivity contribution in [1.82, 2.24) is 0 Å². The third-order valence-corrected chi connectivity index (χ3v) is 13.7. The topological polar surface area (TPSA) is 174 Å². The molecule has 0 spiro atoms. The third-order valence-electron chi connectivity index (χ3n) is 5.53. The van der Waals surface area contributed by atoms with Gasteiger partial charge in [0, 0.05) is 19.6 Å². The molecule has 248 valence electrons. The predicted molar refractivity (Wildman–Crippen MR) is 185 cm³/mol. The molecule has 0 aliphatic heterocycles. The lowest BCUT2D eigenvalue weighted by atomic mass is 10.3. The molecule has 0 saturated carbocycles. The van der Waals surface area contributed by atoms with Gasteiger partial charge in [-0.1, -0.05) is 120 Å². The van der Waals surface area contributed by atoms with Crippen molar-refractivity contribution >= 4 is 62.7 Å². The smallest absolute Gasteiger partial charge is 0.394 e. The van der Waals surface area contributed by atoms with Gasteiger partial charge in [0.05, 0.1) is 19.3 Å². The molecule has 0 saturated heterocycles. The molecule has 0 heterocycles. The van der Waals surface area contributed by atoms with Crippen molar-refractivity contribution in [3.05, 3.63) is 121 Å². The van der Waals surface area contributed by atoms with Crippen molar-refractivity contribution in [3.8, 4) is 0 Å². The standard InChI is InChI=1S/C30H30O3S4.H4O7P2/c1-24(22-31)33-23-29(32,34-25-14-6-2-7-15-25)30(35-26-16-8-3-9-17-26,36-27-18-10-4-11-19-27)37-28-20-12-5-13-21-28;1-8(2,3)7-9(4,5)6/h2-21,24,31-32H,22-23H2,1H3;(H2,1,2,3)(H2,4,5,6). The Morgan fingerprint density at radius 1 is 0.609 bits per heavy atom. The number of aliphatic hydroxyl groups is 2. The largest absolute Gasteiger partial charge is 0.478 e. The summed E-state index contributed by atoms with van der Waals surface area (Å²) in [7, 11) is -10.1. The molecule has 0 fully saturated rings. The van der Waals surface area contributed by atoms with Gasteiger partial charge in [0.25, 0.3) is 0 Å². The van der Waals surface area contributed by atoms with Crippen molar-refractivity contribution in [3.63, 3.8) is 0 Å². The highest BCUT2D eigenvalue weighted by atomic mass is 32.3. The summed E-state index contributed by atoms with van der Waals surface area (Å²) in [4.78, 5) is 33.6. The minimum absolute atomic E-state index is 0.0216. The second-order valence-electron chi connectivity index (χ2n) is 9.37. The lowest BCUT2D eigenvalue weighted by molar-refractivity contribution is -0.0334. The van der Waals surface area contributed by atoms with Crippen LogP contribution in [0.5, 0.6) is 0 Å². The third kappa shape index (κ3) is 13.5. The predicted octanol–water partition coefficient (Wildman–Crippen LogP) is 7.08. The molecule has 2 unspecified atom stereocenters. The Balaban J connectivity index is 0.000000559. The van der Waals surface area contributed by atoms with E-state index in [0.717, 1.165) is 19.6 Å². The first-order chi connectivity index (χ1) is 21.7. The van der Waals surface area contributed by atoms with E-state index >= 15 is 0 Å². The van der Waals surface area contributed by atoms with Crippen LogP contribution in [0, 0.1) is 0 Å². The van der Waals surface area contributed by atoms with E-state index in [1.54, 1.807) is 35.3 Å². The van der Waals surface area contributed by atoms with Crippen LogP contribution in [0.25, 0.3) is 0 Å². The molecule has 4 aromatic carbocycles. The molecule has 0 amide bonds. The summed E-state index contributed by atoms with van der Waals surface area (Å²) in [5.74, 6) is 0. The SMILES string of the molecule is CC(CO)OCC(O)(Sc1ccccc1)C(Sc1ccccc1)(Sc1ccccc1)Sc1ccccc1.O=P(O)(O)OP(=O)(O)O. The first-order valence-corrected chi connectivity index (χ1v) is 19.8. The van der Waals surface area contributed by atoms with Crippen molar-refractivity contribution in [2.75, 3.05) is 13.2 Å². The van der Waals surface area contributed by atoms with Gasteiger partial charge >= 0.3 is 15.6 Å². The zero-order chi connectivity index (χ0) is 33.7. The van der Waals surface area contributed by atoms with Gasteiger partial charge in [-0.05, 0) is 55.5 Å². The number of aliphatic hydroxyl groups excluding tert-OH is 1. The Kier molecular flexibility index (Phi) is 15.4. The molecule has 0 aromatic heterocycles. The van der Waals surface area contributed by atoms with Gasteiger partial charge in [0.1, 0.15) is 0 Å². The fourth-order valence-electron chi connectivity index (χ4n) is 3.54. The van der Waals surface area contributed by atoms with Gasteiger partial charge < -0.3 is 34.5 Å². The summed E-state index contributed by atoms with van der Waals surface area (Å²) in [6.07, 6.45) is -0.411. The summed E-state index contributed by atoms with van der Waals surface area (Å²) < 4.78 is 27.4. The molecule has 0 bridgehead atoms. The lowest BCUT2D eigenvalue weighted by Gasteiger charge is -2.45. The normalized spacial score (nSPS) is 14.1. The number of benzene rings is 4. The Bertz CT molecular complexity index is 1430. The molecule has 6 N–H and O–H groups in total. The quantitative estimate of drug-likeness (QED) is 0.0414. The van der Waals surface area contributed by atoms with Crippen molar-refractivity contribution in [2.24, 2.45) is 0 Å². The number of hydrogen-bond acceptors (Lipinski definition) is 10. The summed E-state index contributed by atoms with van der Waals surface area (Å²) in [6, 6.07) is 40.4. The van der Waals surface area contributed by atoms with Crippen LogP contribution in [0.2, 0.25) is 0 Å². The molecule has 46 heavy (non-hydrogen) atoms. The Labute approximate surface area is 284 Å². The van der Waals surface area contributed by atoms with Gasteiger partial charge in [-0.25, -0.2) is 9.13 Å². The van der Waals surface area contributed by atoms with E-state index in [9.17, 15) is 19.3 Å². The zero-order valence-corrected chi connectivity index (χ0v) is 29.4. The van der Waals surface area contributed by atoms with Crippen molar-refractivity contribution in [2.45, 2.75) is 41.0 Å². The molecule has 16 heteroatoms. The second kappa shape index (κ2) is 18.3. The van der Waals surface area contributed by atoms with Crippen LogP contribution in [0.15, 0.2) is 141 Å². The van der Waals surface area contributed by atoms with E-state index in [1.807, 2.05) is 91.9 Å². The maximum atomic E-state index is 12.8. The van der Waals surface area contributed by atoms with E-state index in [-0.39, 0.29) is 13.2 Å². The summed E-state index contributed by atoms with van der Waals surface area (Å²) in [5.41, 5.74) is 0. The van der Waals surface area contributed by atoms with E-state index in [1.165, 1.54) is 11.8 Å². The van der Waals surface area contributed by atoms with Gasteiger partial charge in [-0.3, -0.25) is 0 Å². The first-order valence-electron chi connectivity index (χ1n) is 13.5. The number of ether oxygens (including phenoxy) is 1. The van der Waals surface area contributed by atoms with Crippen molar-refractivity contribution < 1.29 is 48.0 Å². The van der Waals surface area contributed by atoms with Crippen LogP contribution >= 0.6 is 62.7 Å². The maximum absolute atomic E-state index is 12.8. The Morgan fingerprint density at radius 2 is 0.913 bits per heavy atom. The van der Waals surface area contributed by atoms with Crippen LogP contribution in [-0.2, 0) is 18.2 Å². The van der Waals surface area contributed by atoms with E-state index in [0.29, 0.717) is 0 Å². The first kappa shape index (κ1) is 38.9. The molecule has 0 radical (unpaired) electrons. The van der Waals surface area contributed by atoms with E-state index in [4.69, 9.17) is 24.3 Å².